The average Bonchev–Trinajstić information content (AvgIpc) is 3.66. The normalized spacial score (nSPS) is 12.8. The van der Waals surface area contributed by atoms with Crippen LogP contribution in [0.5, 0.6) is 23.0 Å². The van der Waals surface area contributed by atoms with Crippen LogP contribution in [0.2, 0.25) is 0 Å². The molecule has 0 spiro atoms. The second-order valence-corrected chi connectivity index (χ2v) is 16.4. The van der Waals surface area contributed by atoms with Gasteiger partial charge in [0.25, 0.3) is 0 Å². The van der Waals surface area contributed by atoms with Gasteiger partial charge < -0.3 is 14.4 Å². The lowest BCUT2D eigenvalue weighted by Crippen LogP contribution is -2.28. The van der Waals surface area contributed by atoms with E-state index in [4.69, 9.17) is 9.47 Å². The fourth-order valence-electron chi connectivity index (χ4n) is 10.0. The highest BCUT2D eigenvalue weighted by atomic mass is 16.6. The Hall–Kier alpha value is -8.40. The monoisotopic (exact) mass is 819 g/mol. The molecule has 3 nitrogen and oxygen atoms in total. The molecule has 64 heavy (non-hydrogen) atoms. The Bertz CT molecular complexity index is 3270. The summed E-state index contributed by atoms with van der Waals surface area (Å²) in [4.78, 5) is 2.38. The number of rotatable bonds is 8. The molecular formula is C61H41NO2. The second-order valence-electron chi connectivity index (χ2n) is 16.4. The fraction of sp³-hybridized carbons (Fsp3) is 0.0164. The van der Waals surface area contributed by atoms with Crippen LogP contribution in [0.25, 0.3) is 44.5 Å². The van der Waals surface area contributed by atoms with Gasteiger partial charge in [0.05, 0.1) is 16.8 Å². The molecule has 3 heteroatoms. The third-order valence-corrected chi connectivity index (χ3v) is 12.8. The third kappa shape index (κ3) is 6.05. The van der Waals surface area contributed by atoms with Gasteiger partial charge in [-0.15, -0.1) is 0 Å². The van der Waals surface area contributed by atoms with Gasteiger partial charge in [0.15, 0.2) is 23.0 Å². The second kappa shape index (κ2) is 15.5. The molecule has 0 atom stereocenters. The molecule has 0 N–H and O–H groups in total. The zero-order valence-corrected chi connectivity index (χ0v) is 34.9. The molecule has 2 aliphatic rings. The minimum Gasteiger partial charge on any atom is -0.449 e. The number of ether oxygens (including phenoxy) is 2. The zero-order chi connectivity index (χ0) is 42.5. The quantitative estimate of drug-likeness (QED) is 0.152. The molecule has 0 unspecified atom stereocenters. The largest absolute Gasteiger partial charge is 0.449 e. The van der Waals surface area contributed by atoms with Crippen LogP contribution in [0, 0.1) is 0 Å². The van der Waals surface area contributed by atoms with Crippen molar-refractivity contribution in [1.29, 1.82) is 0 Å². The van der Waals surface area contributed by atoms with E-state index in [1.54, 1.807) is 0 Å². The van der Waals surface area contributed by atoms with Crippen molar-refractivity contribution in [3.63, 3.8) is 0 Å². The summed E-state index contributed by atoms with van der Waals surface area (Å²) in [7, 11) is 0. The number of hydrogen-bond acceptors (Lipinski definition) is 3. The van der Waals surface area contributed by atoms with Gasteiger partial charge in [-0.2, -0.15) is 0 Å². The van der Waals surface area contributed by atoms with Crippen LogP contribution >= 0.6 is 0 Å². The zero-order valence-electron chi connectivity index (χ0n) is 34.9. The molecule has 1 aliphatic heterocycles. The van der Waals surface area contributed by atoms with Crippen molar-refractivity contribution in [3.05, 3.63) is 271 Å². The van der Waals surface area contributed by atoms with E-state index in [-0.39, 0.29) is 0 Å². The summed E-state index contributed by atoms with van der Waals surface area (Å²) in [5, 5.41) is 0. The van der Waals surface area contributed by atoms with Crippen molar-refractivity contribution >= 4 is 17.1 Å². The first-order valence-electron chi connectivity index (χ1n) is 21.8. The van der Waals surface area contributed by atoms with Gasteiger partial charge in [0.2, 0.25) is 0 Å². The molecule has 302 valence electrons. The lowest BCUT2D eigenvalue weighted by atomic mass is 9.67. The summed E-state index contributed by atoms with van der Waals surface area (Å²) in [5.41, 5.74) is 16.5. The van der Waals surface area contributed by atoms with E-state index in [1.165, 1.54) is 33.4 Å². The molecule has 0 radical (unpaired) electrons. The standard InChI is InChI=1S/C61H41NO2/c1-5-20-42(21-6-1)48-28-14-17-33-55(48)62(47-26-11-4-12-27-47)56-34-18-15-29-49(56)43-36-38-44(39-37-43)50-31-19-35-57-60(50)64-58-40-52-51-30-13-16-32-53(51)61(45-22-7-2-8-23-45,46-24-9-3-10-25-46)54(52)41-59(58)63-57/h1-41H. The maximum atomic E-state index is 6.96. The molecule has 1 heterocycles. The Morgan fingerprint density at radius 2 is 0.766 bits per heavy atom. The molecule has 0 bridgehead atoms. The molecule has 0 saturated carbocycles. The summed E-state index contributed by atoms with van der Waals surface area (Å²) < 4.78 is 13.8. The third-order valence-electron chi connectivity index (χ3n) is 12.8. The van der Waals surface area contributed by atoms with E-state index < -0.39 is 5.41 Å². The SMILES string of the molecule is c1ccc(-c2ccccc2N(c2ccccc2)c2ccccc2-c2ccc(-c3cccc4c3Oc3cc5c(cc3O4)C(c3ccccc3)(c3ccccc3)c3ccccc3-5)cc2)cc1. The molecule has 0 amide bonds. The Labute approximate surface area is 373 Å². The Kier molecular flexibility index (Phi) is 9.05. The number of hydrogen-bond donors (Lipinski definition) is 0. The van der Waals surface area contributed by atoms with Crippen molar-refractivity contribution in [2.24, 2.45) is 0 Å². The van der Waals surface area contributed by atoms with Crippen molar-refractivity contribution in [2.45, 2.75) is 5.41 Å². The minimum absolute atomic E-state index is 0.529. The van der Waals surface area contributed by atoms with Crippen molar-refractivity contribution in [1.82, 2.24) is 0 Å². The Balaban J connectivity index is 0.928. The highest BCUT2D eigenvalue weighted by Crippen LogP contribution is 2.60. The molecule has 12 rings (SSSR count). The van der Waals surface area contributed by atoms with Crippen molar-refractivity contribution in [2.75, 3.05) is 4.90 Å². The molecule has 0 fully saturated rings. The van der Waals surface area contributed by atoms with Gasteiger partial charge in [-0.05, 0) is 92.5 Å². The van der Waals surface area contributed by atoms with E-state index in [2.05, 4.69) is 248 Å². The van der Waals surface area contributed by atoms with E-state index in [1.807, 2.05) is 6.07 Å². The summed E-state index contributed by atoms with van der Waals surface area (Å²) >= 11 is 0. The first kappa shape index (κ1) is 37.4. The summed E-state index contributed by atoms with van der Waals surface area (Å²) in [6.45, 7) is 0. The molecule has 10 aromatic carbocycles. The predicted octanol–water partition coefficient (Wildman–Crippen LogP) is 16.4. The van der Waals surface area contributed by atoms with Crippen LogP contribution in [0.4, 0.5) is 17.1 Å². The summed E-state index contributed by atoms with van der Waals surface area (Å²) in [6.07, 6.45) is 0. The minimum atomic E-state index is -0.529. The van der Waals surface area contributed by atoms with E-state index in [9.17, 15) is 0 Å². The van der Waals surface area contributed by atoms with Crippen LogP contribution in [0.15, 0.2) is 249 Å². The topological polar surface area (TPSA) is 21.7 Å². The fourth-order valence-corrected chi connectivity index (χ4v) is 10.0. The van der Waals surface area contributed by atoms with Crippen LogP contribution in [-0.4, -0.2) is 0 Å². The molecule has 10 aromatic rings. The van der Waals surface area contributed by atoms with Gasteiger partial charge >= 0.3 is 0 Å². The first-order valence-corrected chi connectivity index (χ1v) is 21.8. The number of anilines is 3. The summed E-state index contributed by atoms with van der Waals surface area (Å²) in [5.74, 6) is 2.80. The number of para-hydroxylation sites is 4. The van der Waals surface area contributed by atoms with Gasteiger partial charge in [0.1, 0.15) is 0 Å². The van der Waals surface area contributed by atoms with Crippen LogP contribution in [0.3, 0.4) is 0 Å². The lowest BCUT2D eigenvalue weighted by molar-refractivity contribution is 0.360. The van der Waals surface area contributed by atoms with E-state index >= 15 is 0 Å². The Morgan fingerprint density at radius 1 is 0.297 bits per heavy atom. The van der Waals surface area contributed by atoms with Crippen molar-refractivity contribution in [3.8, 4) is 67.5 Å². The highest BCUT2D eigenvalue weighted by molar-refractivity contribution is 5.94. The Morgan fingerprint density at radius 3 is 1.39 bits per heavy atom. The predicted molar refractivity (Wildman–Crippen MR) is 261 cm³/mol. The lowest BCUT2D eigenvalue weighted by Gasteiger charge is -2.34. The van der Waals surface area contributed by atoms with Gasteiger partial charge in [0, 0.05) is 22.4 Å². The molecular weight excluding hydrogens is 779 g/mol. The number of nitrogens with zero attached hydrogens (tertiary/aromatic N) is 1. The molecule has 1 aliphatic carbocycles. The highest BCUT2D eigenvalue weighted by Gasteiger charge is 2.47. The molecule has 0 saturated heterocycles. The van der Waals surface area contributed by atoms with E-state index in [0.29, 0.717) is 23.0 Å². The maximum absolute atomic E-state index is 6.96. The number of fused-ring (bicyclic) bond motifs is 5. The maximum Gasteiger partial charge on any atom is 0.177 e. The van der Waals surface area contributed by atoms with Crippen LogP contribution in [-0.2, 0) is 5.41 Å². The van der Waals surface area contributed by atoms with Gasteiger partial charge in [-0.1, -0.05) is 206 Å². The van der Waals surface area contributed by atoms with E-state index in [0.717, 1.165) is 50.4 Å². The van der Waals surface area contributed by atoms with Crippen molar-refractivity contribution < 1.29 is 9.47 Å². The van der Waals surface area contributed by atoms with Crippen LogP contribution < -0.4 is 14.4 Å². The molecule has 0 aromatic heterocycles. The summed E-state index contributed by atoms with van der Waals surface area (Å²) in [6, 6.07) is 88.4. The van der Waals surface area contributed by atoms with Gasteiger partial charge in [-0.25, -0.2) is 0 Å². The smallest absolute Gasteiger partial charge is 0.177 e. The average molecular weight is 820 g/mol. The van der Waals surface area contributed by atoms with Crippen LogP contribution in [0.1, 0.15) is 22.3 Å². The van der Waals surface area contributed by atoms with Gasteiger partial charge in [-0.3, -0.25) is 0 Å². The first-order chi connectivity index (χ1) is 31.8. The number of benzene rings is 10.